The molecule has 1 amide bonds. The number of nitrogens with one attached hydrogen (secondary N) is 1. The van der Waals surface area contributed by atoms with E-state index >= 15 is 0 Å². The minimum atomic E-state index is -0.00153. The second-order valence-corrected chi connectivity index (χ2v) is 6.08. The zero-order chi connectivity index (χ0) is 14.9. The van der Waals surface area contributed by atoms with Gasteiger partial charge in [-0.05, 0) is 29.5 Å². The number of hydrogen-bond donors (Lipinski definition) is 1. The molecule has 0 bridgehead atoms. The highest BCUT2D eigenvalue weighted by Crippen LogP contribution is 2.38. The van der Waals surface area contributed by atoms with E-state index in [4.69, 9.17) is 0 Å². The van der Waals surface area contributed by atoms with Gasteiger partial charge >= 0.3 is 0 Å². The maximum absolute atomic E-state index is 12.0. The minimum Gasteiger partial charge on any atom is -0.322 e. The number of anilines is 1. The molecule has 1 N–H and O–H groups in total. The van der Waals surface area contributed by atoms with E-state index in [0.717, 1.165) is 23.2 Å². The SMILES string of the molecule is CC1(C)C=C(C(=O)Nc2ccc(Cn3cncn3)cc2)C1. The van der Waals surface area contributed by atoms with Gasteiger partial charge in [0.1, 0.15) is 12.7 Å². The van der Waals surface area contributed by atoms with E-state index < -0.39 is 0 Å². The normalized spacial score (nSPS) is 16.0. The molecule has 1 aliphatic rings. The van der Waals surface area contributed by atoms with Crippen LogP contribution in [0.2, 0.25) is 0 Å². The lowest BCUT2D eigenvalue weighted by molar-refractivity contribution is -0.113. The van der Waals surface area contributed by atoms with Crippen LogP contribution in [0.15, 0.2) is 48.6 Å². The van der Waals surface area contributed by atoms with Gasteiger partial charge in [0.2, 0.25) is 0 Å². The molecule has 1 aliphatic carbocycles. The number of carbonyl (C=O) groups is 1. The topological polar surface area (TPSA) is 59.8 Å². The predicted octanol–water partition coefficient (Wildman–Crippen LogP) is 2.62. The molecule has 5 nitrogen and oxygen atoms in total. The van der Waals surface area contributed by atoms with Crippen LogP contribution < -0.4 is 5.32 Å². The van der Waals surface area contributed by atoms with E-state index in [-0.39, 0.29) is 11.3 Å². The monoisotopic (exact) mass is 282 g/mol. The Bertz CT molecular complexity index is 669. The molecule has 5 heteroatoms. The number of amides is 1. The van der Waals surface area contributed by atoms with Crippen LogP contribution in [0.25, 0.3) is 0 Å². The Morgan fingerprint density at radius 1 is 1.33 bits per heavy atom. The van der Waals surface area contributed by atoms with Crippen molar-refractivity contribution in [1.82, 2.24) is 14.8 Å². The van der Waals surface area contributed by atoms with Crippen molar-refractivity contribution >= 4 is 11.6 Å². The van der Waals surface area contributed by atoms with Crippen molar-refractivity contribution in [3.8, 4) is 0 Å². The first-order chi connectivity index (χ1) is 10.0. The van der Waals surface area contributed by atoms with Crippen LogP contribution in [-0.2, 0) is 11.3 Å². The van der Waals surface area contributed by atoms with Crippen molar-refractivity contribution in [2.45, 2.75) is 26.8 Å². The van der Waals surface area contributed by atoms with E-state index in [9.17, 15) is 4.79 Å². The number of hydrogen-bond acceptors (Lipinski definition) is 3. The van der Waals surface area contributed by atoms with Gasteiger partial charge in [0.15, 0.2) is 0 Å². The molecule has 0 aliphatic heterocycles. The third-order valence-electron chi connectivity index (χ3n) is 3.53. The Labute approximate surface area is 123 Å². The highest BCUT2D eigenvalue weighted by Gasteiger charge is 2.30. The van der Waals surface area contributed by atoms with Crippen LogP contribution in [0.3, 0.4) is 0 Å². The van der Waals surface area contributed by atoms with Gasteiger partial charge in [0.25, 0.3) is 5.91 Å². The smallest absolute Gasteiger partial charge is 0.251 e. The number of benzene rings is 1. The molecule has 1 heterocycles. The molecule has 21 heavy (non-hydrogen) atoms. The molecule has 1 aromatic carbocycles. The second kappa shape index (κ2) is 5.16. The third-order valence-corrected chi connectivity index (χ3v) is 3.53. The van der Waals surface area contributed by atoms with Crippen LogP contribution in [0.5, 0.6) is 0 Å². The molecule has 0 saturated heterocycles. The molecule has 0 unspecified atom stereocenters. The Hall–Kier alpha value is -2.43. The first-order valence-corrected chi connectivity index (χ1v) is 6.96. The first kappa shape index (κ1) is 13.5. The van der Waals surface area contributed by atoms with Crippen LogP contribution in [0.4, 0.5) is 5.69 Å². The fraction of sp³-hybridized carbons (Fsp3) is 0.312. The molecular weight excluding hydrogens is 264 g/mol. The van der Waals surface area contributed by atoms with Crippen molar-refractivity contribution < 1.29 is 4.79 Å². The Balaban J connectivity index is 1.61. The third kappa shape index (κ3) is 3.18. The molecule has 108 valence electrons. The van der Waals surface area contributed by atoms with Crippen molar-refractivity contribution in [3.05, 3.63) is 54.1 Å². The number of rotatable bonds is 4. The number of carbonyl (C=O) groups excluding carboxylic acids is 1. The van der Waals surface area contributed by atoms with E-state index in [0.29, 0.717) is 6.54 Å². The first-order valence-electron chi connectivity index (χ1n) is 6.96. The van der Waals surface area contributed by atoms with Gasteiger partial charge in [-0.25, -0.2) is 9.67 Å². The average Bonchev–Trinajstić information content (AvgIpc) is 2.91. The Morgan fingerprint density at radius 2 is 2.05 bits per heavy atom. The Morgan fingerprint density at radius 3 is 2.62 bits per heavy atom. The van der Waals surface area contributed by atoms with E-state index in [1.807, 2.05) is 30.3 Å². The fourth-order valence-electron chi connectivity index (χ4n) is 2.49. The summed E-state index contributed by atoms with van der Waals surface area (Å²) in [5, 5.41) is 6.99. The molecule has 3 rings (SSSR count). The van der Waals surface area contributed by atoms with Crippen molar-refractivity contribution in [2.24, 2.45) is 5.41 Å². The summed E-state index contributed by atoms with van der Waals surface area (Å²) in [7, 11) is 0. The van der Waals surface area contributed by atoms with Crippen LogP contribution >= 0.6 is 0 Å². The summed E-state index contributed by atoms with van der Waals surface area (Å²) in [5.41, 5.74) is 2.95. The quantitative estimate of drug-likeness (QED) is 0.937. The van der Waals surface area contributed by atoms with Crippen LogP contribution in [-0.4, -0.2) is 20.7 Å². The Kier molecular flexibility index (Phi) is 3.33. The van der Waals surface area contributed by atoms with Gasteiger partial charge in [-0.1, -0.05) is 32.1 Å². The molecule has 0 saturated carbocycles. The zero-order valence-corrected chi connectivity index (χ0v) is 12.2. The molecule has 0 atom stereocenters. The highest BCUT2D eigenvalue weighted by molar-refractivity contribution is 6.04. The summed E-state index contributed by atoms with van der Waals surface area (Å²) in [4.78, 5) is 15.9. The maximum Gasteiger partial charge on any atom is 0.251 e. The van der Waals surface area contributed by atoms with Gasteiger partial charge in [-0.15, -0.1) is 0 Å². The second-order valence-electron chi connectivity index (χ2n) is 6.08. The molecule has 1 aromatic heterocycles. The fourth-order valence-corrected chi connectivity index (χ4v) is 2.49. The largest absolute Gasteiger partial charge is 0.322 e. The average molecular weight is 282 g/mol. The lowest BCUT2D eigenvalue weighted by Crippen LogP contribution is -2.27. The van der Waals surface area contributed by atoms with Crippen molar-refractivity contribution in [1.29, 1.82) is 0 Å². The molecule has 0 spiro atoms. The van der Waals surface area contributed by atoms with Crippen LogP contribution in [0, 0.1) is 5.41 Å². The maximum atomic E-state index is 12.0. The molecule has 0 radical (unpaired) electrons. The van der Waals surface area contributed by atoms with Gasteiger partial charge < -0.3 is 5.32 Å². The molecular formula is C16H18N4O. The van der Waals surface area contributed by atoms with Gasteiger partial charge in [-0.3, -0.25) is 4.79 Å². The molecule has 0 fully saturated rings. The van der Waals surface area contributed by atoms with E-state index in [1.54, 1.807) is 11.0 Å². The number of allylic oxidation sites excluding steroid dienone is 1. The lowest BCUT2D eigenvalue weighted by Gasteiger charge is -2.31. The van der Waals surface area contributed by atoms with Crippen molar-refractivity contribution in [3.63, 3.8) is 0 Å². The van der Waals surface area contributed by atoms with Crippen molar-refractivity contribution in [2.75, 3.05) is 5.32 Å². The number of nitrogens with zero attached hydrogens (tertiary/aromatic N) is 3. The minimum absolute atomic E-state index is 0.00153. The lowest BCUT2D eigenvalue weighted by atomic mass is 9.74. The summed E-state index contributed by atoms with van der Waals surface area (Å²) in [6, 6.07) is 7.79. The van der Waals surface area contributed by atoms with Crippen LogP contribution in [0.1, 0.15) is 25.8 Å². The predicted molar refractivity (Wildman–Crippen MR) is 80.7 cm³/mol. The van der Waals surface area contributed by atoms with E-state index in [2.05, 4.69) is 29.2 Å². The summed E-state index contributed by atoms with van der Waals surface area (Å²) < 4.78 is 1.76. The zero-order valence-electron chi connectivity index (χ0n) is 12.2. The van der Waals surface area contributed by atoms with Gasteiger partial charge in [0, 0.05) is 11.3 Å². The summed E-state index contributed by atoms with van der Waals surface area (Å²) in [6.07, 6.45) is 6.06. The molecule has 2 aromatic rings. The standard InChI is InChI=1S/C16H18N4O/c1-16(2)7-13(8-16)15(21)19-14-5-3-12(4-6-14)9-20-11-17-10-18-20/h3-7,10-11H,8-9H2,1-2H3,(H,19,21). The van der Waals surface area contributed by atoms with Gasteiger partial charge in [0.05, 0.1) is 6.54 Å². The summed E-state index contributed by atoms with van der Waals surface area (Å²) in [5.74, 6) is -0.00153. The van der Waals surface area contributed by atoms with E-state index in [1.165, 1.54) is 6.33 Å². The highest BCUT2D eigenvalue weighted by atomic mass is 16.1. The summed E-state index contributed by atoms with van der Waals surface area (Å²) in [6.45, 7) is 4.93. The number of aromatic nitrogens is 3. The van der Waals surface area contributed by atoms with Gasteiger partial charge in [-0.2, -0.15) is 5.10 Å². The summed E-state index contributed by atoms with van der Waals surface area (Å²) >= 11 is 0.